The Bertz CT molecular complexity index is 2780. The van der Waals surface area contributed by atoms with E-state index in [2.05, 4.69) is 221 Å². The topological polar surface area (TPSA) is 249 Å². The molecule has 0 unspecified atom stereocenters. The maximum Gasteiger partial charge on any atom is 3.00 e. The molecule has 0 aliphatic carbocycles. The quantitative estimate of drug-likeness (QED) is 0.0785. The van der Waals surface area contributed by atoms with Gasteiger partial charge >= 0.3 is 71.2 Å². The zero-order valence-electron chi connectivity index (χ0n) is 73.1. The van der Waals surface area contributed by atoms with Crippen LogP contribution in [0, 0.1) is 71.2 Å². The van der Waals surface area contributed by atoms with Crippen molar-refractivity contribution in [3.8, 4) is 23.0 Å². The van der Waals surface area contributed by atoms with Gasteiger partial charge in [0.15, 0.2) is 0 Å². The molecule has 4 aromatic carbocycles. The van der Waals surface area contributed by atoms with E-state index in [1.807, 2.05) is 24.3 Å². The minimum absolute atomic E-state index is 0. The Kier molecular flexibility index (Phi) is 51.8. The molecule has 0 atom stereocenters. The van der Waals surface area contributed by atoms with E-state index in [0.717, 1.165) is 97.4 Å². The Morgan fingerprint density at radius 1 is 0.296 bits per heavy atom. The standard InChI is InChI=1S/2C34H53N3O2.4C4H8O.2C3H7O.2La/c2*1-31(2,3)25-17-23(29(38)27(19-25)33(7,8)9)21-36-15-13-35-14-16-37-22-24-18-26(32(4,5)6)20-28(30(24)39)34(10,11)12;4*1-2-4-5-3-1;2*1-3(2)4;;/h2*17-22,35,38-39H,13-16H2,1-12H3;4*1-4H2;2*3H,1-2H3;;/q;;;;;;2*-1;2*+3/p-4. The van der Waals surface area contributed by atoms with Gasteiger partial charge in [0.1, 0.15) is 0 Å². The minimum atomic E-state index is -0.417. The maximum atomic E-state index is 13.1. The molecule has 18 heteroatoms. The van der Waals surface area contributed by atoms with Crippen LogP contribution in [0.25, 0.3) is 0 Å². The normalized spacial score (nSPS) is 15.0. The predicted molar refractivity (Wildman–Crippen MR) is 439 cm³/mol. The van der Waals surface area contributed by atoms with Crippen molar-refractivity contribution in [3.05, 3.63) is 115 Å². The van der Waals surface area contributed by atoms with Gasteiger partial charge in [-0.1, -0.05) is 265 Å². The molecular formula is C90H148La2N6O10. The van der Waals surface area contributed by atoms with Crippen molar-refractivity contribution in [1.29, 1.82) is 0 Å². The zero-order chi connectivity index (χ0) is 80.9. The molecule has 2 N–H and O–H groups in total. The van der Waals surface area contributed by atoms with Crippen LogP contribution >= 0.6 is 0 Å². The number of hydrogen-bond acceptors (Lipinski definition) is 16. The van der Waals surface area contributed by atoms with Crippen LogP contribution in [-0.2, 0) is 62.3 Å². The number of nitrogens with zero attached hydrogens (tertiary/aromatic N) is 4. The number of nitrogens with one attached hydrogen (secondary N) is 2. The number of hydrogen-bond donors (Lipinski definition) is 2. The van der Waals surface area contributed by atoms with E-state index in [4.69, 9.17) is 18.9 Å². The Morgan fingerprint density at radius 3 is 0.556 bits per heavy atom. The monoisotopic (exact) mass is 1750 g/mol. The summed E-state index contributed by atoms with van der Waals surface area (Å²) < 4.78 is 19.8. The molecule has 4 fully saturated rings. The van der Waals surface area contributed by atoms with E-state index < -0.39 is 12.2 Å². The molecule has 0 spiro atoms. The molecule has 8 rings (SSSR count). The van der Waals surface area contributed by atoms with E-state index in [0.29, 0.717) is 74.6 Å². The van der Waals surface area contributed by atoms with Gasteiger partial charge in [0.2, 0.25) is 0 Å². The molecule has 108 heavy (non-hydrogen) atoms. The van der Waals surface area contributed by atoms with Crippen LogP contribution in [0.3, 0.4) is 0 Å². The van der Waals surface area contributed by atoms with Gasteiger partial charge < -0.3 is 60.2 Å². The van der Waals surface area contributed by atoms with Gasteiger partial charge in [-0.25, -0.2) is 0 Å². The summed E-state index contributed by atoms with van der Waals surface area (Å²) in [5.41, 5.74) is 9.42. The number of benzene rings is 4. The summed E-state index contributed by atoms with van der Waals surface area (Å²) in [6.45, 7) is 70.3. The third-order valence-corrected chi connectivity index (χ3v) is 17.1. The molecule has 0 saturated carbocycles. The van der Waals surface area contributed by atoms with Crippen molar-refractivity contribution < 1.29 is 121 Å². The third kappa shape index (κ3) is 45.7. The van der Waals surface area contributed by atoms with E-state index in [9.17, 15) is 30.6 Å². The van der Waals surface area contributed by atoms with Crippen molar-refractivity contribution >= 4 is 24.9 Å². The second-order valence-corrected chi connectivity index (χ2v) is 36.8. The fraction of sp³-hybridized carbons (Fsp3) is 0.689. The first-order chi connectivity index (χ1) is 48.9. The van der Waals surface area contributed by atoms with E-state index in [-0.39, 0.29) is 138 Å². The molecule has 4 aliphatic rings. The summed E-state index contributed by atoms with van der Waals surface area (Å²) in [4.78, 5) is 18.1. The smallest absolute Gasteiger partial charge is 0.872 e. The van der Waals surface area contributed by atoms with E-state index in [1.165, 1.54) is 51.4 Å². The first kappa shape index (κ1) is 107. The van der Waals surface area contributed by atoms with Gasteiger partial charge in [0, 0.05) is 104 Å². The SMILES string of the molecule is C1CCOC1.C1CCOC1.C1CCOC1.C1CCOC1.CC(C)(C)c1cc(C=NCCNCCN=Cc2cc(C(C)(C)C)cc(C(C)(C)C)c2[O-])c([O-])c(C(C)(C)C)c1.CC(C)(C)c1cc(C=NCCNCCN=Cc2cc(C(C)(C)C)cc(C(C)(C)C)c2[O-])c([O-])c(C(C)(C)C)c1.CC(C)[O-].CC(C)[O-].[La+3].[La+3]. The van der Waals surface area contributed by atoms with Crippen molar-refractivity contribution in [2.75, 3.05) is 105 Å². The summed E-state index contributed by atoms with van der Waals surface area (Å²) in [6, 6.07) is 16.1. The first-order valence-corrected chi connectivity index (χ1v) is 39.4. The fourth-order valence-electron chi connectivity index (χ4n) is 10.5. The molecule has 0 amide bonds. The van der Waals surface area contributed by atoms with Crippen LogP contribution in [0.5, 0.6) is 23.0 Å². The maximum absolute atomic E-state index is 13.1. The summed E-state index contributed by atoms with van der Waals surface area (Å²) in [6.07, 6.45) is 16.3. The molecule has 16 nitrogen and oxygen atoms in total. The van der Waals surface area contributed by atoms with Crippen molar-refractivity contribution in [2.24, 2.45) is 20.0 Å². The van der Waals surface area contributed by atoms with Crippen LogP contribution in [0.15, 0.2) is 68.5 Å². The molecule has 4 saturated heterocycles. The second-order valence-electron chi connectivity index (χ2n) is 36.8. The molecular weight excluding hydrogens is 1600 g/mol. The Morgan fingerprint density at radius 2 is 0.444 bits per heavy atom. The van der Waals surface area contributed by atoms with Crippen LogP contribution in [0.2, 0.25) is 0 Å². The van der Waals surface area contributed by atoms with Crippen molar-refractivity contribution in [1.82, 2.24) is 10.6 Å². The van der Waals surface area contributed by atoms with Gasteiger partial charge in [-0.3, -0.25) is 20.0 Å². The Balaban J connectivity index is 0. The van der Waals surface area contributed by atoms with Crippen LogP contribution < -0.4 is 41.3 Å². The number of aliphatic imine (C=N–C) groups is 4. The average Bonchev–Trinajstić information content (AvgIpc) is 1.01. The molecule has 0 aromatic heterocycles. The Hall–Kier alpha value is -3.17. The molecule has 4 aliphatic heterocycles. The molecule has 0 radical (unpaired) electrons. The minimum Gasteiger partial charge on any atom is -0.872 e. The number of rotatable bonds is 16. The first-order valence-electron chi connectivity index (χ1n) is 39.4. The average molecular weight is 1750 g/mol. The van der Waals surface area contributed by atoms with Gasteiger partial charge in [-0.15, -0.1) is 12.2 Å². The van der Waals surface area contributed by atoms with Gasteiger partial charge in [0.05, 0.1) is 26.2 Å². The largest absolute Gasteiger partial charge is 3.00 e. The van der Waals surface area contributed by atoms with Crippen LogP contribution in [0.1, 0.15) is 312 Å². The molecule has 4 aromatic rings. The summed E-state index contributed by atoms with van der Waals surface area (Å²) in [5, 5.41) is 78.1. The van der Waals surface area contributed by atoms with E-state index >= 15 is 0 Å². The second kappa shape index (κ2) is 52.3. The van der Waals surface area contributed by atoms with Crippen LogP contribution in [0.4, 0.5) is 0 Å². The zero-order valence-corrected chi connectivity index (χ0v) is 80.3. The van der Waals surface area contributed by atoms with Crippen LogP contribution in [-0.4, -0.2) is 142 Å². The third-order valence-electron chi connectivity index (χ3n) is 17.1. The summed E-state index contributed by atoms with van der Waals surface area (Å²) in [5.74, 6) is 0.239. The predicted octanol–water partition coefficient (Wildman–Crippen LogP) is 15.0. The van der Waals surface area contributed by atoms with Gasteiger partial charge in [0.25, 0.3) is 0 Å². The number of ether oxygens (including phenoxy) is 4. The van der Waals surface area contributed by atoms with Gasteiger partial charge in [-0.05, 0) is 161 Å². The van der Waals surface area contributed by atoms with Gasteiger partial charge in [-0.2, -0.15) is 0 Å². The fourth-order valence-corrected chi connectivity index (χ4v) is 10.5. The molecule has 0 bridgehead atoms. The van der Waals surface area contributed by atoms with Crippen molar-refractivity contribution in [3.63, 3.8) is 0 Å². The molecule has 604 valence electrons. The van der Waals surface area contributed by atoms with E-state index in [1.54, 1.807) is 52.6 Å². The summed E-state index contributed by atoms with van der Waals surface area (Å²) in [7, 11) is 0. The van der Waals surface area contributed by atoms with Crippen molar-refractivity contribution in [2.45, 2.75) is 301 Å². The Labute approximate surface area is 714 Å². The summed E-state index contributed by atoms with van der Waals surface area (Å²) >= 11 is 0. The molecule has 4 heterocycles.